The van der Waals surface area contributed by atoms with Crippen LogP contribution >= 0.6 is 0 Å². The minimum absolute atomic E-state index is 0.469. The third-order valence-electron chi connectivity index (χ3n) is 2.71. The maximum absolute atomic E-state index is 5.41. The van der Waals surface area contributed by atoms with E-state index in [2.05, 4.69) is 25.6 Å². The van der Waals surface area contributed by atoms with Gasteiger partial charge in [-0.15, -0.1) is 0 Å². The lowest BCUT2D eigenvalue weighted by Crippen LogP contribution is -2.06. The molecule has 7 heteroatoms. The van der Waals surface area contributed by atoms with E-state index in [1.807, 2.05) is 30.8 Å². The highest BCUT2D eigenvalue weighted by molar-refractivity contribution is 5.65. The third kappa shape index (κ3) is 2.22. The average Bonchev–Trinajstić information content (AvgIpc) is 3.04. The molecular formula is C12H14N6O. The van der Waals surface area contributed by atoms with Gasteiger partial charge in [-0.25, -0.2) is 15.0 Å². The van der Waals surface area contributed by atoms with Crippen LogP contribution in [0.5, 0.6) is 0 Å². The summed E-state index contributed by atoms with van der Waals surface area (Å²) < 4.78 is 7.32. The number of hydrogen-bond donors (Lipinski definition) is 2. The number of aromatic nitrogens is 4. The highest BCUT2D eigenvalue weighted by Crippen LogP contribution is 2.16. The molecule has 0 saturated carbocycles. The predicted molar refractivity (Wildman–Crippen MR) is 71.1 cm³/mol. The molecule has 98 valence electrons. The molecular weight excluding hydrogens is 244 g/mol. The number of fused-ring (bicyclic) bond motifs is 1. The summed E-state index contributed by atoms with van der Waals surface area (Å²) >= 11 is 0. The second-order valence-electron chi connectivity index (χ2n) is 4.10. The van der Waals surface area contributed by atoms with Crippen molar-refractivity contribution < 1.29 is 4.42 Å². The normalized spacial score (nSPS) is 10.8. The van der Waals surface area contributed by atoms with E-state index < -0.39 is 0 Å². The number of imidazole rings is 1. The summed E-state index contributed by atoms with van der Waals surface area (Å²) in [6.07, 6.45) is 7.18. The van der Waals surface area contributed by atoms with Crippen LogP contribution in [0.3, 0.4) is 0 Å². The summed E-state index contributed by atoms with van der Waals surface area (Å²) in [4.78, 5) is 12.9. The quantitative estimate of drug-likeness (QED) is 0.741. The Bertz CT molecular complexity index is 701. The fraction of sp³-hybridized carbons (Fsp3) is 0.250. The third-order valence-corrected chi connectivity index (χ3v) is 2.71. The van der Waals surface area contributed by atoms with Gasteiger partial charge in [0, 0.05) is 19.4 Å². The molecule has 0 atom stereocenters. The van der Waals surface area contributed by atoms with Crippen molar-refractivity contribution in [2.45, 2.75) is 13.5 Å². The summed E-state index contributed by atoms with van der Waals surface area (Å²) in [5.41, 5.74) is 0.766. The Kier molecular flexibility index (Phi) is 2.79. The highest BCUT2D eigenvalue weighted by Gasteiger charge is 2.08. The molecule has 0 aliphatic carbocycles. The van der Waals surface area contributed by atoms with Crippen LogP contribution in [0.2, 0.25) is 0 Å². The Balaban J connectivity index is 1.88. The van der Waals surface area contributed by atoms with Crippen LogP contribution in [0.4, 0.5) is 11.6 Å². The smallest absolute Gasteiger partial charge is 0.213 e. The van der Waals surface area contributed by atoms with E-state index in [0.717, 1.165) is 17.2 Å². The van der Waals surface area contributed by atoms with E-state index in [0.29, 0.717) is 18.3 Å². The van der Waals surface area contributed by atoms with Gasteiger partial charge in [0.15, 0.2) is 11.5 Å². The van der Waals surface area contributed by atoms with E-state index in [4.69, 9.17) is 4.42 Å². The minimum Gasteiger partial charge on any atom is -0.444 e. The van der Waals surface area contributed by atoms with Gasteiger partial charge in [-0.05, 0) is 6.92 Å². The zero-order valence-electron chi connectivity index (χ0n) is 10.7. The van der Waals surface area contributed by atoms with E-state index in [1.54, 1.807) is 12.4 Å². The molecule has 2 N–H and O–H groups in total. The SMILES string of the molecule is CNc1cn2ccnc2c(NCc2ncc(C)o2)n1. The largest absolute Gasteiger partial charge is 0.444 e. The molecule has 3 heterocycles. The molecule has 7 nitrogen and oxygen atoms in total. The first-order valence-electron chi connectivity index (χ1n) is 5.93. The summed E-state index contributed by atoms with van der Waals surface area (Å²) in [7, 11) is 1.83. The number of anilines is 2. The molecule has 0 bridgehead atoms. The molecule has 0 aliphatic rings. The molecule has 0 amide bonds. The lowest BCUT2D eigenvalue weighted by Gasteiger charge is -2.07. The van der Waals surface area contributed by atoms with Crippen molar-refractivity contribution >= 4 is 17.3 Å². The molecule has 0 spiro atoms. The van der Waals surface area contributed by atoms with Crippen LogP contribution in [-0.4, -0.2) is 26.4 Å². The van der Waals surface area contributed by atoms with Crippen LogP contribution < -0.4 is 10.6 Å². The van der Waals surface area contributed by atoms with Crippen LogP contribution in [0.15, 0.2) is 29.2 Å². The fourth-order valence-corrected chi connectivity index (χ4v) is 1.81. The standard InChI is InChI=1S/C12H14N6O/c1-8-5-15-10(19-8)6-16-11-12-14-3-4-18(12)7-9(13-2)17-11/h3-5,7,13H,6H2,1-2H3,(H,16,17). The van der Waals surface area contributed by atoms with Crippen molar-refractivity contribution in [1.82, 2.24) is 19.4 Å². The second-order valence-corrected chi connectivity index (χ2v) is 4.10. The van der Waals surface area contributed by atoms with Crippen LogP contribution in [0.1, 0.15) is 11.7 Å². The van der Waals surface area contributed by atoms with Gasteiger partial charge in [0.05, 0.1) is 18.9 Å². The molecule has 3 aromatic rings. The Morgan fingerprint density at radius 2 is 2.26 bits per heavy atom. The van der Waals surface area contributed by atoms with Gasteiger partial charge < -0.3 is 19.5 Å². The molecule has 0 saturated heterocycles. The minimum atomic E-state index is 0.469. The maximum atomic E-state index is 5.41. The van der Waals surface area contributed by atoms with Gasteiger partial charge in [-0.2, -0.15) is 0 Å². The van der Waals surface area contributed by atoms with Crippen molar-refractivity contribution in [2.24, 2.45) is 0 Å². The van der Waals surface area contributed by atoms with Gasteiger partial charge in [-0.1, -0.05) is 0 Å². The molecule has 0 aliphatic heterocycles. The van der Waals surface area contributed by atoms with E-state index in [9.17, 15) is 0 Å². The van der Waals surface area contributed by atoms with Gasteiger partial charge in [0.1, 0.15) is 11.6 Å². The van der Waals surface area contributed by atoms with Crippen molar-refractivity contribution in [3.8, 4) is 0 Å². The van der Waals surface area contributed by atoms with Crippen molar-refractivity contribution in [3.63, 3.8) is 0 Å². The summed E-state index contributed by atoms with van der Waals surface area (Å²) in [6, 6.07) is 0. The number of nitrogens with one attached hydrogen (secondary N) is 2. The van der Waals surface area contributed by atoms with Crippen molar-refractivity contribution in [2.75, 3.05) is 17.7 Å². The van der Waals surface area contributed by atoms with Gasteiger partial charge in [-0.3, -0.25) is 0 Å². The monoisotopic (exact) mass is 258 g/mol. The summed E-state index contributed by atoms with van der Waals surface area (Å²) in [5.74, 6) is 2.86. The number of rotatable bonds is 4. The Hall–Kier alpha value is -2.57. The zero-order valence-corrected chi connectivity index (χ0v) is 10.7. The fourth-order valence-electron chi connectivity index (χ4n) is 1.81. The lowest BCUT2D eigenvalue weighted by molar-refractivity contribution is 0.479. The summed E-state index contributed by atoms with van der Waals surface area (Å²) in [5, 5.41) is 6.20. The first kappa shape index (κ1) is 11.5. The molecule has 3 rings (SSSR count). The molecule has 0 radical (unpaired) electrons. The topological polar surface area (TPSA) is 80.3 Å². The van der Waals surface area contributed by atoms with Gasteiger partial charge in [0.2, 0.25) is 5.89 Å². The van der Waals surface area contributed by atoms with Gasteiger partial charge in [0.25, 0.3) is 0 Å². The Morgan fingerprint density at radius 3 is 3.00 bits per heavy atom. The van der Waals surface area contributed by atoms with E-state index in [1.165, 1.54) is 0 Å². The molecule has 19 heavy (non-hydrogen) atoms. The first-order chi connectivity index (χ1) is 9.26. The first-order valence-corrected chi connectivity index (χ1v) is 5.93. The zero-order chi connectivity index (χ0) is 13.2. The molecule has 0 aromatic carbocycles. The molecule has 0 unspecified atom stereocenters. The van der Waals surface area contributed by atoms with E-state index in [-0.39, 0.29) is 0 Å². The Labute approximate surface area is 109 Å². The van der Waals surface area contributed by atoms with Crippen LogP contribution in [0, 0.1) is 6.92 Å². The van der Waals surface area contributed by atoms with Gasteiger partial charge >= 0.3 is 0 Å². The second kappa shape index (κ2) is 4.60. The van der Waals surface area contributed by atoms with Crippen LogP contribution in [-0.2, 0) is 6.54 Å². The highest BCUT2D eigenvalue weighted by atomic mass is 16.4. The molecule has 3 aromatic heterocycles. The number of hydrogen-bond acceptors (Lipinski definition) is 6. The predicted octanol–water partition coefficient (Wildman–Crippen LogP) is 1.68. The maximum Gasteiger partial charge on any atom is 0.213 e. The number of nitrogens with zero attached hydrogens (tertiary/aromatic N) is 4. The summed E-state index contributed by atoms with van der Waals surface area (Å²) in [6.45, 7) is 2.33. The molecule has 0 fully saturated rings. The number of oxazole rings is 1. The van der Waals surface area contributed by atoms with Crippen molar-refractivity contribution in [1.29, 1.82) is 0 Å². The van der Waals surface area contributed by atoms with Crippen molar-refractivity contribution in [3.05, 3.63) is 36.4 Å². The Morgan fingerprint density at radius 1 is 1.37 bits per heavy atom. The average molecular weight is 258 g/mol. The lowest BCUT2D eigenvalue weighted by atomic mass is 10.5. The van der Waals surface area contributed by atoms with Crippen LogP contribution in [0.25, 0.3) is 5.65 Å². The van der Waals surface area contributed by atoms with E-state index >= 15 is 0 Å². The number of aryl methyl sites for hydroxylation is 1.